The third kappa shape index (κ3) is 13.2. The Labute approximate surface area is 172 Å². The topological polar surface area (TPSA) is 55.6 Å². The van der Waals surface area contributed by atoms with E-state index >= 15 is 0 Å². The van der Waals surface area contributed by atoms with Crippen LogP contribution in [0.4, 0.5) is 5.95 Å². The minimum Gasteiger partial charge on any atom is -0.358 e. The zero-order valence-electron chi connectivity index (χ0n) is 17.1. The van der Waals surface area contributed by atoms with E-state index in [0.717, 1.165) is 5.82 Å². The van der Waals surface area contributed by atoms with E-state index in [1.165, 1.54) is 0 Å². The molecule has 1 N–H and O–H groups in total. The molecule has 1 aromatic carbocycles. The molecule has 0 spiro atoms. The van der Waals surface area contributed by atoms with Crippen LogP contribution in [0.5, 0.6) is 0 Å². The van der Waals surface area contributed by atoms with Crippen molar-refractivity contribution >= 4 is 5.95 Å². The van der Waals surface area contributed by atoms with Gasteiger partial charge in [-0.2, -0.15) is 4.98 Å². The normalized spacial score (nSPS) is 7.27. The first-order chi connectivity index (χ1) is 11.4. The zero-order valence-corrected chi connectivity index (χ0v) is 18.5. The van der Waals surface area contributed by atoms with Crippen LogP contribution < -0.4 is 5.32 Å². The SMILES string of the molecule is CC.CC.CNc1nccc(-n2ccnc2)n1.[CH3-].[CH3-].[V+2].c1ccccc1. The summed E-state index contributed by atoms with van der Waals surface area (Å²) in [6.45, 7) is 8.00. The Bertz CT molecular complexity index is 559. The molecule has 3 aromatic rings. The van der Waals surface area contributed by atoms with Gasteiger partial charge in [-0.3, -0.25) is 4.57 Å². The third-order valence-electron chi connectivity index (χ3n) is 2.30. The van der Waals surface area contributed by atoms with Crippen molar-refractivity contribution in [2.45, 2.75) is 27.7 Å². The molecule has 1 radical (unpaired) electrons. The summed E-state index contributed by atoms with van der Waals surface area (Å²) in [5, 5.41) is 2.87. The number of hydrogen-bond donors (Lipinski definition) is 1. The van der Waals surface area contributed by atoms with Gasteiger partial charge in [-0.25, -0.2) is 9.97 Å². The Balaban J connectivity index is -0.000000161. The third-order valence-corrected chi connectivity index (χ3v) is 2.30. The molecule has 0 aliphatic rings. The van der Waals surface area contributed by atoms with Crippen LogP contribution in [-0.4, -0.2) is 26.6 Å². The number of benzene rings is 1. The van der Waals surface area contributed by atoms with Gasteiger partial charge in [0.1, 0.15) is 12.1 Å². The van der Waals surface area contributed by atoms with Gasteiger partial charge in [-0.15, -0.1) is 0 Å². The Morgan fingerprint density at radius 3 is 1.73 bits per heavy atom. The van der Waals surface area contributed by atoms with E-state index < -0.39 is 0 Å². The van der Waals surface area contributed by atoms with Gasteiger partial charge in [0.2, 0.25) is 5.95 Å². The summed E-state index contributed by atoms with van der Waals surface area (Å²) < 4.78 is 1.82. The van der Waals surface area contributed by atoms with Gasteiger partial charge < -0.3 is 20.2 Å². The predicted molar refractivity (Wildman–Crippen MR) is 111 cm³/mol. The second-order valence-electron chi connectivity index (χ2n) is 3.61. The van der Waals surface area contributed by atoms with Gasteiger partial charge in [0.25, 0.3) is 0 Å². The molecule has 0 bridgehead atoms. The second kappa shape index (κ2) is 22.9. The fraction of sp³-hybridized carbons (Fsp3) is 0.250. The van der Waals surface area contributed by atoms with E-state index in [9.17, 15) is 0 Å². The number of rotatable bonds is 2. The molecule has 0 saturated heterocycles. The first-order valence-corrected chi connectivity index (χ1v) is 7.89. The molecule has 0 aliphatic heterocycles. The van der Waals surface area contributed by atoms with E-state index in [1.54, 1.807) is 25.8 Å². The molecule has 0 saturated carbocycles. The zero-order chi connectivity index (χ0) is 17.3. The van der Waals surface area contributed by atoms with E-state index in [2.05, 4.69) is 20.3 Å². The van der Waals surface area contributed by atoms with Crippen LogP contribution in [-0.2, 0) is 18.6 Å². The van der Waals surface area contributed by atoms with E-state index in [4.69, 9.17) is 0 Å². The van der Waals surface area contributed by atoms with Crippen LogP contribution >= 0.6 is 0 Å². The van der Waals surface area contributed by atoms with Gasteiger partial charge >= 0.3 is 18.6 Å². The molecule has 0 amide bonds. The second-order valence-corrected chi connectivity index (χ2v) is 3.61. The Morgan fingerprint density at radius 1 is 0.846 bits per heavy atom. The number of nitrogens with zero attached hydrogens (tertiary/aromatic N) is 4. The Kier molecular flexibility index (Phi) is 27.9. The van der Waals surface area contributed by atoms with Crippen LogP contribution in [0.15, 0.2) is 67.4 Å². The summed E-state index contributed by atoms with van der Waals surface area (Å²) in [7, 11) is 1.78. The summed E-state index contributed by atoms with van der Waals surface area (Å²) >= 11 is 0. The molecular formula is C20H33N5V. The number of nitrogens with one attached hydrogen (secondary N) is 1. The van der Waals surface area contributed by atoms with Crippen molar-refractivity contribution in [3.05, 3.63) is 82.2 Å². The minimum absolute atomic E-state index is 0. The summed E-state index contributed by atoms with van der Waals surface area (Å²) in [6, 6.07) is 13.8. The first kappa shape index (κ1) is 31.6. The largest absolute Gasteiger partial charge is 2.00 e. The summed E-state index contributed by atoms with van der Waals surface area (Å²) in [5.41, 5.74) is 0. The van der Waals surface area contributed by atoms with Crippen LogP contribution in [0.3, 0.4) is 0 Å². The summed E-state index contributed by atoms with van der Waals surface area (Å²) in [6.07, 6.45) is 6.94. The summed E-state index contributed by atoms with van der Waals surface area (Å²) in [4.78, 5) is 12.2. The Morgan fingerprint density at radius 2 is 1.35 bits per heavy atom. The quantitative estimate of drug-likeness (QED) is 0.596. The summed E-state index contributed by atoms with van der Waals surface area (Å²) in [5.74, 6) is 1.41. The maximum Gasteiger partial charge on any atom is 2.00 e. The Hall–Kier alpha value is -2.11. The van der Waals surface area contributed by atoms with Gasteiger partial charge in [0, 0.05) is 25.6 Å². The molecule has 0 unspecified atom stereocenters. The van der Waals surface area contributed by atoms with Crippen LogP contribution in [0.2, 0.25) is 0 Å². The average Bonchev–Trinajstić information content (AvgIpc) is 3.22. The van der Waals surface area contributed by atoms with Gasteiger partial charge in [-0.1, -0.05) is 64.1 Å². The standard InChI is InChI=1S/C8H9N5.C6H6.2C2H6.2CH3.V/c1-9-8-11-3-2-7(12-8)13-5-4-10-6-13;1-2-4-6-5-3-1;2*1-2;;;/h2-6H,1H3,(H,9,11,12);1-6H;2*1-2H3;2*1H3;/q;;;;2*-1;+2. The van der Waals surface area contributed by atoms with Crippen molar-refractivity contribution in [3.63, 3.8) is 0 Å². The van der Waals surface area contributed by atoms with Crippen molar-refractivity contribution in [1.82, 2.24) is 19.5 Å². The number of aromatic nitrogens is 4. The van der Waals surface area contributed by atoms with Crippen molar-refractivity contribution in [1.29, 1.82) is 0 Å². The molecule has 143 valence electrons. The smallest absolute Gasteiger partial charge is 0.358 e. The molecule has 2 heterocycles. The van der Waals surface area contributed by atoms with Crippen molar-refractivity contribution < 1.29 is 18.6 Å². The van der Waals surface area contributed by atoms with Crippen LogP contribution in [0.1, 0.15) is 27.7 Å². The fourth-order valence-corrected chi connectivity index (χ4v) is 1.39. The fourth-order valence-electron chi connectivity index (χ4n) is 1.39. The number of hydrogen-bond acceptors (Lipinski definition) is 4. The van der Waals surface area contributed by atoms with E-state index in [-0.39, 0.29) is 33.4 Å². The monoisotopic (exact) mass is 394 g/mol. The van der Waals surface area contributed by atoms with Crippen molar-refractivity contribution in [2.24, 2.45) is 0 Å². The molecule has 2 aromatic heterocycles. The van der Waals surface area contributed by atoms with Gasteiger partial charge in [-0.05, 0) is 6.07 Å². The van der Waals surface area contributed by atoms with E-state index in [1.807, 2.05) is 80.9 Å². The molecule has 5 nitrogen and oxygen atoms in total. The predicted octanol–water partition coefficient (Wildman–Crippen LogP) is 5.34. The maximum absolute atomic E-state index is 4.23. The molecule has 0 fully saturated rings. The average molecular weight is 394 g/mol. The number of imidazole rings is 1. The van der Waals surface area contributed by atoms with Crippen LogP contribution in [0, 0.1) is 14.9 Å². The van der Waals surface area contributed by atoms with Crippen LogP contribution in [0.25, 0.3) is 5.82 Å². The van der Waals surface area contributed by atoms with Gasteiger partial charge in [0.15, 0.2) is 0 Å². The molecule has 6 heteroatoms. The molecule has 26 heavy (non-hydrogen) atoms. The molecule has 0 aliphatic carbocycles. The van der Waals surface area contributed by atoms with Crippen molar-refractivity contribution in [3.8, 4) is 5.82 Å². The first-order valence-electron chi connectivity index (χ1n) is 7.89. The van der Waals surface area contributed by atoms with Gasteiger partial charge in [0.05, 0.1) is 0 Å². The van der Waals surface area contributed by atoms with Crippen molar-refractivity contribution in [2.75, 3.05) is 12.4 Å². The number of anilines is 1. The van der Waals surface area contributed by atoms with E-state index in [0.29, 0.717) is 5.95 Å². The minimum atomic E-state index is 0. The molecular weight excluding hydrogens is 361 g/mol. The maximum atomic E-state index is 4.23. The molecule has 0 atom stereocenters. The molecule has 3 rings (SSSR count).